The average molecular weight is 252 g/mol. The molecule has 0 fully saturated rings. The Balaban J connectivity index is 2.93. The summed E-state index contributed by atoms with van der Waals surface area (Å²) in [5, 5.41) is 0.984. The van der Waals surface area contributed by atoms with Crippen molar-refractivity contribution in [3.05, 3.63) is 33.9 Å². The van der Waals surface area contributed by atoms with Crippen LogP contribution >= 0.6 is 15.9 Å². The van der Waals surface area contributed by atoms with Crippen molar-refractivity contribution in [2.75, 3.05) is 0 Å². The monoisotopic (exact) mass is 251 g/mol. The molecule has 2 aromatic rings. The van der Waals surface area contributed by atoms with Crippen molar-refractivity contribution in [2.45, 2.75) is 13.8 Å². The molecule has 0 radical (unpaired) electrons. The predicted molar refractivity (Wildman–Crippen MR) is 60.7 cm³/mol. The number of aromatic nitrogens is 1. The zero-order chi connectivity index (χ0) is 10.3. The SMILES string of the molecule is CC(=O)c1c(C)[nH]c2cccc(Br)c12. The first-order valence-electron chi connectivity index (χ1n) is 4.39. The van der Waals surface area contributed by atoms with E-state index in [1.54, 1.807) is 6.92 Å². The first kappa shape index (κ1) is 9.46. The van der Waals surface area contributed by atoms with Crippen LogP contribution in [-0.2, 0) is 0 Å². The maximum absolute atomic E-state index is 11.5. The van der Waals surface area contributed by atoms with Crippen LogP contribution in [0.3, 0.4) is 0 Å². The third-order valence-corrected chi connectivity index (χ3v) is 2.97. The second kappa shape index (κ2) is 3.24. The fourth-order valence-corrected chi connectivity index (χ4v) is 2.34. The van der Waals surface area contributed by atoms with E-state index in [9.17, 15) is 4.79 Å². The van der Waals surface area contributed by atoms with Crippen molar-refractivity contribution in [3.63, 3.8) is 0 Å². The topological polar surface area (TPSA) is 32.9 Å². The molecule has 0 unspecified atom stereocenters. The van der Waals surface area contributed by atoms with Gasteiger partial charge >= 0.3 is 0 Å². The quantitative estimate of drug-likeness (QED) is 0.775. The van der Waals surface area contributed by atoms with E-state index in [0.29, 0.717) is 0 Å². The highest BCUT2D eigenvalue weighted by molar-refractivity contribution is 9.10. The molecule has 1 N–H and O–H groups in total. The summed E-state index contributed by atoms with van der Waals surface area (Å²) in [5.41, 5.74) is 2.72. The zero-order valence-corrected chi connectivity index (χ0v) is 9.60. The number of ketones is 1. The predicted octanol–water partition coefficient (Wildman–Crippen LogP) is 3.44. The summed E-state index contributed by atoms with van der Waals surface area (Å²) in [6.45, 7) is 3.51. The number of hydrogen-bond acceptors (Lipinski definition) is 1. The van der Waals surface area contributed by atoms with Gasteiger partial charge in [0.2, 0.25) is 0 Å². The van der Waals surface area contributed by atoms with Crippen molar-refractivity contribution in [1.82, 2.24) is 4.98 Å². The first-order chi connectivity index (χ1) is 6.61. The van der Waals surface area contributed by atoms with Crippen LogP contribution in [0, 0.1) is 6.92 Å². The smallest absolute Gasteiger partial charge is 0.162 e. The lowest BCUT2D eigenvalue weighted by molar-refractivity contribution is 0.101. The summed E-state index contributed by atoms with van der Waals surface area (Å²) in [4.78, 5) is 14.7. The van der Waals surface area contributed by atoms with Crippen molar-refractivity contribution in [3.8, 4) is 0 Å². The lowest BCUT2D eigenvalue weighted by Gasteiger charge is -1.97. The molecule has 0 amide bonds. The maximum atomic E-state index is 11.5. The Morgan fingerprint density at radius 2 is 2.14 bits per heavy atom. The number of rotatable bonds is 1. The molecular formula is C11H10BrNO. The Bertz CT molecular complexity index is 513. The molecule has 3 heteroatoms. The van der Waals surface area contributed by atoms with Gasteiger partial charge in [0.05, 0.1) is 0 Å². The molecule has 0 spiro atoms. The molecule has 72 valence electrons. The van der Waals surface area contributed by atoms with Crippen molar-refractivity contribution >= 4 is 32.6 Å². The highest BCUT2D eigenvalue weighted by Crippen LogP contribution is 2.29. The number of halogens is 1. The Morgan fingerprint density at radius 3 is 2.79 bits per heavy atom. The fraction of sp³-hybridized carbons (Fsp3) is 0.182. The molecule has 0 aliphatic rings. The lowest BCUT2D eigenvalue weighted by atomic mass is 10.1. The number of Topliss-reactive ketones (excluding diaryl/α,β-unsaturated/α-hetero) is 1. The summed E-state index contributed by atoms with van der Waals surface area (Å²) < 4.78 is 0.963. The van der Waals surface area contributed by atoms with E-state index in [4.69, 9.17) is 0 Å². The third kappa shape index (κ3) is 1.28. The number of aromatic amines is 1. The van der Waals surface area contributed by atoms with Gasteiger partial charge in [0.25, 0.3) is 0 Å². The van der Waals surface area contributed by atoms with Gasteiger partial charge in [0.1, 0.15) is 0 Å². The molecule has 1 aromatic heterocycles. The van der Waals surface area contributed by atoms with Gasteiger partial charge in [-0.3, -0.25) is 4.79 Å². The second-order valence-corrected chi connectivity index (χ2v) is 4.20. The zero-order valence-electron chi connectivity index (χ0n) is 8.02. The highest BCUT2D eigenvalue weighted by Gasteiger charge is 2.13. The largest absolute Gasteiger partial charge is 0.358 e. The number of nitrogens with one attached hydrogen (secondary N) is 1. The number of benzene rings is 1. The summed E-state index contributed by atoms with van der Waals surface area (Å²) >= 11 is 3.46. The molecule has 0 bridgehead atoms. The van der Waals surface area contributed by atoms with Gasteiger partial charge in [-0.15, -0.1) is 0 Å². The van der Waals surface area contributed by atoms with Crippen molar-refractivity contribution in [2.24, 2.45) is 0 Å². The molecule has 2 rings (SSSR count). The Morgan fingerprint density at radius 1 is 1.43 bits per heavy atom. The first-order valence-corrected chi connectivity index (χ1v) is 5.18. The number of fused-ring (bicyclic) bond motifs is 1. The fourth-order valence-electron chi connectivity index (χ4n) is 1.77. The summed E-state index contributed by atoms with van der Waals surface area (Å²) in [7, 11) is 0. The molecule has 1 heterocycles. The molecule has 1 aromatic carbocycles. The Hall–Kier alpha value is -1.09. The van der Waals surface area contributed by atoms with Crippen LogP contribution in [0.2, 0.25) is 0 Å². The molecular weight excluding hydrogens is 242 g/mol. The van der Waals surface area contributed by atoms with Crippen LogP contribution in [0.1, 0.15) is 23.0 Å². The molecule has 0 saturated heterocycles. The number of hydrogen-bond donors (Lipinski definition) is 1. The average Bonchev–Trinajstić information content (AvgIpc) is 2.42. The standard InChI is InChI=1S/C11H10BrNO/c1-6-10(7(2)14)11-8(12)4-3-5-9(11)13-6/h3-5,13H,1-2H3. The van der Waals surface area contributed by atoms with Crippen LogP contribution < -0.4 is 0 Å². The number of aryl methyl sites for hydroxylation is 1. The van der Waals surface area contributed by atoms with E-state index < -0.39 is 0 Å². The van der Waals surface area contributed by atoms with E-state index >= 15 is 0 Å². The molecule has 0 aliphatic carbocycles. The van der Waals surface area contributed by atoms with Gasteiger partial charge in [-0.2, -0.15) is 0 Å². The van der Waals surface area contributed by atoms with Gasteiger partial charge in [-0.25, -0.2) is 0 Å². The van der Waals surface area contributed by atoms with E-state index in [1.165, 1.54) is 0 Å². The van der Waals surface area contributed by atoms with Crippen LogP contribution in [0.4, 0.5) is 0 Å². The van der Waals surface area contributed by atoms with Gasteiger partial charge in [-0.1, -0.05) is 22.0 Å². The van der Waals surface area contributed by atoms with Crippen LogP contribution in [-0.4, -0.2) is 10.8 Å². The Kier molecular flexibility index (Phi) is 2.19. The highest BCUT2D eigenvalue weighted by atomic mass is 79.9. The van der Waals surface area contributed by atoms with E-state index in [0.717, 1.165) is 26.6 Å². The molecule has 0 aliphatic heterocycles. The van der Waals surface area contributed by atoms with Crippen molar-refractivity contribution < 1.29 is 4.79 Å². The third-order valence-electron chi connectivity index (χ3n) is 2.31. The van der Waals surface area contributed by atoms with E-state index in [2.05, 4.69) is 20.9 Å². The summed E-state index contributed by atoms with van der Waals surface area (Å²) in [6.07, 6.45) is 0. The molecule has 0 atom stereocenters. The molecule has 14 heavy (non-hydrogen) atoms. The van der Waals surface area contributed by atoms with E-state index in [-0.39, 0.29) is 5.78 Å². The summed E-state index contributed by atoms with van der Waals surface area (Å²) in [5.74, 6) is 0.0978. The molecule has 0 saturated carbocycles. The summed E-state index contributed by atoms with van der Waals surface area (Å²) in [6, 6.07) is 5.87. The maximum Gasteiger partial charge on any atom is 0.162 e. The minimum Gasteiger partial charge on any atom is -0.358 e. The van der Waals surface area contributed by atoms with Crippen molar-refractivity contribution in [1.29, 1.82) is 0 Å². The number of carbonyl (C=O) groups is 1. The van der Waals surface area contributed by atoms with Crippen LogP contribution in [0.5, 0.6) is 0 Å². The van der Waals surface area contributed by atoms with Gasteiger partial charge in [0, 0.05) is 26.6 Å². The van der Waals surface area contributed by atoms with Gasteiger partial charge in [0.15, 0.2) is 5.78 Å². The minimum absolute atomic E-state index is 0.0978. The normalized spacial score (nSPS) is 10.8. The van der Waals surface area contributed by atoms with Gasteiger partial charge < -0.3 is 4.98 Å². The number of carbonyl (C=O) groups excluding carboxylic acids is 1. The van der Waals surface area contributed by atoms with Gasteiger partial charge in [-0.05, 0) is 26.0 Å². The lowest BCUT2D eigenvalue weighted by Crippen LogP contribution is -1.93. The van der Waals surface area contributed by atoms with Crippen LogP contribution in [0.25, 0.3) is 10.9 Å². The minimum atomic E-state index is 0.0978. The molecule has 2 nitrogen and oxygen atoms in total. The Labute approximate surface area is 90.4 Å². The number of H-pyrrole nitrogens is 1. The second-order valence-electron chi connectivity index (χ2n) is 3.34. The van der Waals surface area contributed by atoms with Crippen LogP contribution in [0.15, 0.2) is 22.7 Å². The van der Waals surface area contributed by atoms with E-state index in [1.807, 2.05) is 25.1 Å².